The Bertz CT molecular complexity index is 331. The Labute approximate surface area is 140 Å². The van der Waals surface area contributed by atoms with E-state index in [-0.39, 0.29) is 24.0 Å². The summed E-state index contributed by atoms with van der Waals surface area (Å²) in [5, 5.41) is 6.86. The number of aliphatic imine (C=N–C) groups is 1. The first-order valence-electron chi connectivity index (χ1n) is 7.62. The molecule has 2 aliphatic rings. The minimum atomic E-state index is 0. The van der Waals surface area contributed by atoms with Gasteiger partial charge < -0.3 is 10.6 Å². The lowest BCUT2D eigenvalue weighted by Crippen LogP contribution is -2.43. The predicted molar refractivity (Wildman–Crippen MR) is 96.9 cm³/mol. The van der Waals surface area contributed by atoms with Crippen LogP contribution in [0, 0.1) is 0 Å². The highest BCUT2D eigenvalue weighted by molar-refractivity contribution is 14.0. The van der Waals surface area contributed by atoms with Gasteiger partial charge in [-0.25, -0.2) is 0 Å². The first kappa shape index (κ1) is 17.8. The Hall–Kier alpha value is -0.300. The molecule has 0 heterocycles. The maximum absolute atomic E-state index is 4.73. The molecule has 5 heteroatoms. The molecule has 4 nitrogen and oxygen atoms in total. The number of hydrogen-bond donors (Lipinski definition) is 2. The van der Waals surface area contributed by atoms with Gasteiger partial charge in [-0.3, -0.25) is 9.89 Å². The second kappa shape index (κ2) is 8.87. The standard InChI is InChI=1S/C15H28N4.HI/c1-4-16-15(18-13-7-5-6-8-13)17-11-12(2)19(3)14-9-10-14;/h5-6,12-14H,4,7-11H2,1-3H3,(H2,16,17,18);1H. The number of hydrogen-bond acceptors (Lipinski definition) is 2. The lowest BCUT2D eigenvalue weighted by atomic mass is 10.2. The van der Waals surface area contributed by atoms with Crippen molar-refractivity contribution in [1.82, 2.24) is 15.5 Å². The monoisotopic (exact) mass is 392 g/mol. The van der Waals surface area contributed by atoms with Crippen LogP contribution in [0.4, 0.5) is 0 Å². The molecule has 0 aromatic rings. The first-order chi connectivity index (χ1) is 9.20. The summed E-state index contributed by atoms with van der Waals surface area (Å²) in [4.78, 5) is 7.20. The van der Waals surface area contributed by atoms with E-state index in [1.807, 2.05) is 0 Å². The Morgan fingerprint density at radius 1 is 1.35 bits per heavy atom. The molecular formula is C15H29IN4. The third-order valence-electron chi connectivity index (χ3n) is 4.02. The fourth-order valence-corrected chi connectivity index (χ4v) is 2.44. The molecule has 0 saturated heterocycles. The van der Waals surface area contributed by atoms with Gasteiger partial charge in [-0.2, -0.15) is 0 Å². The number of guanidine groups is 1. The Balaban J connectivity index is 0.00000200. The summed E-state index contributed by atoms with van der Waals surface area (Å²) < 4.78 is 0. The molecule has 0 amide bonds. The SMILES string of the molecule is CCNC(=NCC(C)N(C)C1CC1)NC1CC=CC1.I. The summed E-state index contributed by atoms with van der Waals surface area (Å²) in [6, 6.07) is 1.85. The maximum atomic E-state index is 4.73. The van der Waals surface area contributed by atoms with Gasteiger partial charge in [-0.15, -0.1) is 24.0 Å². The van der Waals surface area contributed by atoms with E-state index in [2.05, 4.69) is 48.6 Å². The lowest BCUT2D eigenvalue weighted by Gasteiger charge is -2.24. The van der Waals surface area contributed by atoms with Gasteiger partial charge in [-0.05, 0) is 46.6 Å². The molecule has 0 radical (unpaired) electrons. The zero-order valence-electron chi connectivity index (χ0n) is 12.9. The maximum Gasteiger partial charge on any atom is 0.191 e. The highest BCUT2D eigenvalue weighted by Gasteiger charge is 2.28. The van der Waals surface area contributed by atoms with Crippen LogP contribution in [-0.2, 0) is 0 Å². The molecule has 2 rings (SSSR count). The molecule has 1 unspecified atom stereocenters. The van der Waals surface area contributed by atoms with Crippen molar-refractivity contribution < 1.29 is 0 Å². The second-order valence-corrected chi connectivity index (χ2v) is 5.75. The van der Waals surface area contributed by atoms with Crippen molar-refractivity contribution in [2.75, 3.05) is 20.1 Å². The van der Waals surface area contributed by atoms with Gasteiger partial charge in [0.05, 0.1) is 6.54 Å². The molecule has 1 fully saturated rings. The zero-order valence-corrected chi connectivity index (χ0v) is 15.3. The third-order valence-corrected chi connectivity index (χ3v) is 4.02. The van der Waals surface area contributed by atoms with Crippen LogP contribution in [-0.4, -0.2) is 49.1 Å². The lowest BCUT2D eigenvalue weighted by molar-refractivity contribution is 0.253. The van der Waals surface area contributed by atoms with E-state index in [1.54, 1.807) is 0 Å². The van der Waals surface area contributed by atoms with Gasteiger partial charge in [0.2, 0.25) is 0 Å². The van der Waals surface area contributed by atoms with Gasteiger partial charge in [0.15, 0.2) is 5.96 Å². The van der Waals surface area contributed by atoms with E-state index in [1.165, 1.54) is 12.8 Å². The van der Waals surface area contributed by atoms with Crippen molar-refractivity contribution in [2.24, 2.45) is 4.99 Å². The van der Waals surface area contributed by atoms with Crippen LogP contribution in [0.2, 0.25) is 0 Å². The van der Waals surface area contributed by atoms with E-state index < -0.39 is 0 Å². The molecule has 0 spiro atoms. The van der Waals surface area contributed by atoms with Crippen LogP contribution in [0.5, 0.6) is 0 Å². The largest absolute Gasteiger partial charge is 0.357 e. The molecule has 2 N–H and O–H groups in total. The molecule has 0 aromatic carbocycles. The molecule has 0 aliphatic heterocycles. The first-order valence-corrected chi connectivity index (χ1v) is 7.62. The zero-order chi connectivity index (χ0) is 13.7. The molecule has 116 valence electrons. The highest BCUT2D eigenvalue weighted by Crippen LogP contribution is 2.26. The summed E-state index contributed by atoms with van der Waals surface area (Å²) in [7, 11) is 2.22. The summed E-state index contributed by atoms with van der Waals surface area (Å²) in [5.74, 6) is 0.965. The van der Waals surface area contributed by atoms with Crippen molar-refractivity contribution >= 4 is 29.9 Å². The van der Waals surface area contributed by atoms with Crippen LogP contribution in [0.3, 0.4) is 0 Å². The normalized spacial score (nSPS) is 20.9. The van der Waals surface area contributed by atoms with E-state index in [9.17, 15) is 0 Å². The Kier molecular flexibility index (Phi) is 7.87. The van der Waals surface area contributed by atoms with Crippen molar-refractivity contribution in [3.05, 3.63) is 12.2 Å². The minimum absolute atomic E-state index is 0. The number of nitrogens with one attached hydrogen (secondary N) is 2. The van der Waals surface area contributed by atoms with E-state index >= 15 is 0 Å². The number of rotatable bonds is 6. The Morgan fingerprint density at radius 3 is 2.55 bits per heavy atom. The van der Waals surface area contributed by atoms with Crippen LogP contribution < -0.4 is 10.6 Å². The topological polar surface area (TPSA) is 39.7 Å². The molecular weight excluding hydrogens is 363 g/mol. The van der Waals surface area contributed by atoms with Gasteiger partial charge in [-0.1, -0.05) is 12.2 Å². The summed E-state index contributed by atoms with van der Waals surface area (Å²) in [6.45, 7) is 6.16. The van der Waals surface area contributed by atoms with Crippen LogP contribution in [0.1, 0.15) is 39.5 Å². The summed E-state index contributed by atoms with van der Waals surface area (Å²) in [5.41, 5.74) is 0. The molecule has 0 aromatic heterocycles. The summed E-state index contributed by atoms with van der Waals surface area (Å²) in [6.07, 6.45) is 9.42. The van der Waals surface area contributed by atoms with E-state index in [0.29, 0.717) is 12.1 Å². The smallest absolute Gasteiger partial charge is 0.191 e. The Morgan fingerprint density at radius 2 is 2.00 bits per heavy atom. The predicted octanol–water partition coefficient (Wildman–Crippen LogP) is 2.36. The summed E-state index contributed by atoms with van der Waals surface area (Å²) >= 11 is 0. The van der Waals surface area contributed by atoms with Gasteiger partial charge in [0.1, 0.15) is 0 Å². The van der Waals surface area contributed by atoms with Crippen molar-refractivity contribution in [2.45, 2.75) is 57.7 Å². The molecule has 20 heavy (non-hydrogen) atoms. The van der Waals surface area contributed by atoms with Gasteiger partial charge >= 0.3 is 0 Å². The average Bonchev–Trinajstić information content (AvgIpc) is 3.13. The van der Waals surface area contributed by atoms with E-state index in [4.69, 9.17) is 4.99 Å². The molecule has 1 atom stereocenters. The van der Waals surface area contributed by atoms with E-state index in [0.717, 1.165) is 37.9 Å². The molecule has 1 saturated carbocycles. The minimum Gasteiger partial charge on any atom is -0.357 e. The van der Waals surface area contributed by atoms with Crippen LogP contribution >= 0.6 is 24.0 Å². The van der Waals surface area contributed by atoms with Gasteiger partial charge in [0.25, 0.3) is 0 Å². The number of halogens is 1. The number of nitrogens with zero attached hydrogens (tertiary/aromatic N) is 2. The average molecular weight is 392 g/mol. The number of likely N-dealkylation sites (N-methyl/N-ethyl adjacent to an activating group) is 1. The molecule has 0 bridgehead atoms. The van der Waals surface area contributed by atoms with Crippen molar-refractivity contribution in [1.29, 1.82) is 0 Å². The van der Waals surface area contributed by atoms with Crippen LogP contribution in [0.15, 0.2) is 17.1 Å². The fourth-order valence-electron chi connectivity index (χ4n) is 2.44. The fraction of sp³-hybridized carbons (Fsp3) is 0.800. The quantitative estimate of drug-likeness (QED) is 0.316. The third kappa shape index (κ3) is 5.60. The highest BCUT2D eigenvalue weighted by atomic mass is 127. The van der Waals surface area contributed by atoms with Gasteiger partial charge in [0, 0.05) is 24.7 Å². The molecule has 2 aliphatic carbocycles. The van der Waals surface area contributed by atoms with Crippen molar-refractivity contribution in [3.8, 4) is 0 Å². The van der Waals surface area contributed by atoms with Crippen molar-refractivity contribution in [3.63, 3.8) is 0 Å². The van der Waals surface area contributed by atoms with Crippen LogP contribution in [0.25, 0.3) is 0 Å². The second-order valence-electron chi connectivity index (χ2n) is 5.75.